The lowest BCUT2D eigenvalue weighted by atomic mass is 10.0. The van der Waals surface area contributed by atoms with Gasteiger partial charge in [0.05, 0.1) is 6.26 Å². The van der Waals surface area contributed by atoms with Gasteiger partial charge in [0.15, 0.2) is 0 Å². The highest BCUT2D eigenvalue weighted by molar-refractivity contribution is 7.88. The van der Waals surface area contributed by atoms with E-state index in [2.05, 4.69) is 0 Å². The van der Waals surface area contributed by atoms with Crippen LogP contribution in [-0.2, 0) is 14.8 Å². The lowest BCUT2D eigenvalue weighted by molar-refractivity contribution is -0.143. The maximum atomic E-state index is 12.6. The predicted molar refractivity (Wildman–Crippen MR) is 82.7 cm³/mol. The van der Waals surface area contributed by atoms with Crippen LogP contribution in [0.1, 0.15) is 26.2 Å². The maximum Gasteiger partial charge on any atom is 0.402 e. The average molecular weight is 382 g/mol. The van der Waals surface area contributed by atoms with Crippen LogP contribution < -0.4 is 5.73 Å². The standard InChI is InChI=1S/C12H22F3N3O3S.ClH/c1-9(16)7-11(19)17-5-3-10(4-6-17)18(22(2,20)21)8-12(13,14)15;/h9-10H,3-8,16H2,1-2H3;1H. The van der Waals surface area contributed by atoms with Gasteiger partial charge in [0.1, 0.15) is 6.54 Å². The van der Waals surface area contributed by atoms with Gasteiger partial charge >= 0.3 is 6.18 Å². The zero-order valence-corrected chi connectivity index (χ0v) is 14.7. The normalized spacial score (nSPS) is 18.7. The Balaban J connectivity index is 0.00000484. The van der Waals surface area contributed by atoms with Gasteiger partial charge in [-0.2, -0.15) is 17.5 Å². The van der Waals surface area contributed by atoms with Crippen molar-refractivity contribution in [3.05, 3.63) is 0 Å². The van der Waals surface area contributed by atoms with Gasteiger partial charge in [-0.15, -0.1) is 12.4 Å². The molecule has 1 unspecified atom stereocenters. The van der Waals surface area contributed by atoms with E-state index < -0.39 is 28.8 Å². The molecular formula is C12H23ClF3N3O3S. The summed E-state index contributed by atoms with van der Waals surface area (Å²) in [7, 11) is -3.96. The fourth-order valence-corrected chi connectivity index (χ4v) is 3.63. The quantitative estimate of drug-likeness (QED) is 0.768. The summed E-state index contributed by atoms with van der Waals surface area (Å²) in [6.45, 7) is 0.670. The molecule has 6 nitrogen and oxygen atoms in total. The van der Waals surface area contributed by atoms with Gasteiger partial charge in [0, 0.05) is 31.6 Å². The van der Waals surface area contributed by atoms with Crippen molar-refractivity contribution in [2.75, 3.05) is 25.9 Å². The molecule has 0 aromatic carbocycles. The monoisotopic (exact) mass is 381 g/mol. The molecule has 2 N–H and O–H groups in total. The topological polar surface area (TPSA) is 83.7 Å². The van der Waals surface area contributed by atoms with Gasteiger partial charge in [-0.3, -0.25) is 4.79 Å². The van der Waals surface area contributed by atoms with Crippen molar-refractivity contribution in [3.63, 3.8) is 0 Å². The molecule has 0 aromatic heterocycles. The minimum atomic E-state index is -4.59. The molecule has 1 atom stereocenters. The molecule has 1 aliphatic rings. The molecule has 0 aliphatic carbocycles. The number of nitrogens with two attached hydrogens (primary N) is 1. The molecule has 0 bridgehead atoms. The van der Waals surface area contributed by atoms with Crippen LogP contribution in [0.5, 0.6) is 0 Å². The zero-order valence-electron chi connectivity index (χ0n) is 13.0. The number of sulfonamides is 1. The number of hydrogen-bond donors (Lipinski definition) is 1. The molecular weight excluding hydrogens is 359 g/mol. The van der Waals surface area contributed by atoms with Crippen LogP contribution in [0.2, 0.25) is 0 Å². The van der Waals surface area contributed by atoms with Crippen LogP contribution in [-0.4, -0.2) is 67.7 Å². The summed E-state index contributed by atoms with van der Waals surface area (Å²) < 4.78 is 61.3. The Morgan fingerprint density at radius 2 is 1.83 bits per heavy atom. The van der Waals surface area contributed by atoms with Crippen LogP contribution in [0.4, 0.5) is 13.2 Å². The van der Waals surface area contributed by atoms with E-state index in [9.17, 15) is 26.4 Å². The van der Waals surface area contributed by atoms with Gasteiger partial charge in [-0.25, -0.2) is 8.42 Å². The van der Waals surface area contributed by atoms with Crippen molar-refractivity contribution < 1.29 is 26.4 Å². The van der Waals surface area contributed by atoms with Crippen molar-refractivity contribution in [2.24, 2.45) is 5.73 Å². The Morgan fingerprint density at radius 3 is 2.17 bits per heavy atom. The SMILES string of the molecule is CC(N)CC(=O)N1CCC(N(CC(F)(F)F)S(C)(=O)=O)CC1.Cl. The van der Waals surface area contributed by atoms with Crippen molar-refractivity contribution in [2.45, 2.75) is 44.4 Å². The third-order valence-electron chi connectivity index (χ3n) is 3.48. The molecule has 0 saturated carbocycles. The Labute approximate surface area is 140 Å². The summed E-state index contributed by atoms with van der Waals surface area (Å²) in [5, 5.41) is 0. The van der Waals surface area contributed by atoms with Crippen molar-refractivity contribution >= 4 is 28.3 Å². The summed E-state index contributed by atoms with van der Waals surface area (Å²) >= 11 is 0. The number of piperidine rings is 1. The first kappa shape index (κ1) is 22.4. The van der Waals surface area contributed by atoms with E-state index in [0.717, 1.165) is 6.26 Å². The highest BCUT2D eigenvalue weighted by atomic mass is 35.5. The molecule has 1 rings (SSSR count). The first-order chi connectivity index (χ1) is 9.90. The molecule has 1 amide bonds. The third kappa shape index (κ3) is 7.69. The van der Waals surface area contributed by atoms with Gasteiger partial charge in [0.25, 0.3) is 0 Å². The number of halogens is 4. The number of nitrogens with zero attached hydrogens (tertiary/aromatic N) is 2. The Bertz CT molecular complexity index is 492. The van der Waals surface area contributed by atoms with Gasteiger partial charge in [-0.05, 0) is 19.8 Å². The predicted octanol–water partition coefficient (Wildman–Crippen LogP) is 0.960. The molecule has 0 aromatic rings. The molecule has 138 valence electrons. The van der Waals surface area contributed by atoms with Gasteiger partial charge in [0.2, 0.25) is 15.9 Å². The van der Waals surface area contributed by atoms with E-state index in [0.29, 0.717) is 4.31 Å². The van der Waals surface area contributed by atoms with Crippen molar-refractivity contribution in [1.82, 2.24) is 9.21 Å². The Kier molecular flexibility index (Phi) is 8.28. The van der Waals surface area contributed by atoms with Gasteiger partial charge in [-0.1, -0.05) is 0 Å². The average Bonchev–Trinajstić information content (AvgIpc) is 2.33. The Morgan fingerprint density at radius 1 is 1.35 bits per heavy atom. The summed E-state index contributed by atoms with van der Waals surface area (Å²) in [4.78, 5) is 13.4. The molecule has 1 heterocycles. The molecule has 23 heavy (non-hydrogen) atoms. The van der Waals surface area contributed by atoms with Crippen molar-refractivity contribution in [1.29, 1.82) is 0 Å². The van der Waals surface area contributed by atoms with Crippen LogP contribution >= 0.6 is 12.4 Å². The third-order valence-corrected chi connectivity index (χ3v) is 4.76. The lowest BCUT2D eigenvalue weighted by Gasteiger charge is -2.37. The van der Waals surface area contributed by atoms with Crippen LogP contribution in [0.3, 0.4) is 0 Å². The molecule has 1 saturated heterocycles. The number of carbonyl (C=O) groups is 1. The Hall–Kier alpha value is -0.580. The minimum Gasteiger partial charge on any atom is -0.343 e. The van der Waals surface area contributed by atoms with E-state index in [-0.39, 0.29) is 56.7 Å². The second-order valence-corrected chi connectivity index (χ2v) is 7.65. The van der Waals surface area contributed by atoms with Crippen LogP contribution in [0.15, 0.2) is 0 Å². The van der Waals surface area contributed by atoms with Crippen LogP contribution in [0.25, 0.3) is 0 Å². The van der Waals surface area contributed by atoms with E-state index in [1.807, 2.05) is 0 Å². The molecule has 11 heteroatoms. The second-order valence-electron chi connectivity index (χ2n) is 5.72. The van der Waals surface area contributed by atoms with Crippen molar-refractivity contribution in [3.8, 4) is 0 Å². The molecule has 0 spiro atoms. The first-order valence-corrected chi connectivity index (χ1v) is 8.82. The number of carbonyl (C=O) groups excluding carboxylic acids is 1. The first-order valence-electron chi connectivity index (χ1n) is 6.97. The molecule has 1 fully saturated rings. The fraction of sp³-hybridized carbons (Fsp3) is 0.917. The molecule has 0 radical (unpaired) electrons. The van der Waals surface area contributed by atoms with E-state index >= 15 is 0 Å². The highest BCUT2D eigenvalue weighted by Gasteiger charge is 2.39. The number of likely N-dealkylation sites (tertiary alicyclic amines) is 1. The maximum absolute atomic E-state index is 12.6. The van der Waals surface area contributed by atoms with Gasteiger partial charge < -0.3 is 10.6 Å². The van der Waals surface area contributed by atoms with E-state index in [1.165, 1.54) is 4.90 Å². The zero-order chi connectivity index (χ0) is 17.1. The van der Waals surface area contributed by atoms with E-state index in [4.69, 9.17) is 5.73 Å². The summed E-state index contributed by atoms with van der Waals surface area (Å²) in [5.41, 5.74) is 5.54. The largest absolute Gasteiger partial charge is 0.402 e. The van der Waals surface area contributed by atoms with E-state index in [1.54, 1.807) is 6.92 Å². The number of hydrogen-bond acceptors (Lipinski definition) is 4. The second kappa shape index (κ2) is 8.50. The number of alkyl halides is 3. The highest BCUT2D eigenvalue weighted by Crippen LogP contribution is 2.25. The summed E-state index contributed by atoms with van der Waals surface area (Å²) in [6.07, 6.45) is -3.28. The van der Waals surface area contributed by atoms with Crippen LogP contribution in [0, 0.1) is 0 Å². The summed E-state index contributed by atoms with van der Waals surface area (Å²) in [5.74, 6) is -0.157. The fourth-order valence-electron chi connectivity index (χ4n) is 2.50. The smallest absolute Gasteiger partial charge is 0.343 e. The molecule has 1 aliphatic heterocycles. The lowest BCUT2D eigenvalue weighted by Crippen LogP contribution is -2.51. The summed E-state index contributed by atoms with van der Waals surface area (Å²) in [6, 6.07) is -1.03. The number of rotatable bonds is 5. The minimum absolute atomic E-state index is 0. The number of amides is 1.